The third-order valence-electron chi connectivity index (χ3n) is 6.61. The molecule has 1 N–H and O–H groups in total. The molecule has 0 amide bonds. The Hall–Kier alpha value is -1.98. The van der Waals surface area contributed by atoms with Crippen LogP contribution >= 0.6 is 0 Å². The fourth-order valence-corrected chi connectivity index (χ4v) is 4.75. The van der Waals surface area contributed by atoms with Crippen LogP contribution in [0.15, 0.2) is 35.1 Å². The van der Waals surface area contributed by atoms with Crippen LogP contribution in [0, 0.1) is 5.92 Å². The fraction of sp³-hybridized carbons (Fsp3) is 0.565. The maximum atomic E-state index is 12.4. The molecule has 0 radical (unpaired) electrons. The van der Waals surface area contributed by atoms with E-state index < -0.39 is 0 Å². The van der Waals surface area contributed by atoms with Gasteiger partial charge in [-0.1, -0.05) is 30.3 Å². The maximum Gasteiger partial charge on any atom is 0.254 e. The zero-order chi connectivity index (χ0) is 18.9. The summed E-state index contributed by atoms with van der Waals surface area (Å²) in [5.41, 5.74) is 3.49. The van der Waals surface area contributed by atoms with Gasteiger partial charge in [0.05, 0.1) is 5.69 Å². The average molecular weight is 379 g/mol. The summed E-state index contributed by atoms with van der Waals surface area (Å²) >= 11 is 0. The molecule has 1 aromatic heterocycles. The molecule has 5 heteroatoms. The second-order valence-electron chi connectivity index (χ2n) is 8.84. The van der Waals surface area contributed by atoms with Gasteiger partial charge in [0.1, 0.15) is 5.82 Å². The van der Waals surface area contributed by atoms with Crippen molar-refractivity contribution in [3.63, 3.8) is 0 Å². The molecule has 1 aromatic carbocycles. The minimum Gasteiger partial charge on any atom is -0.310 e. The van der Waals surface area contributed by atoms with Crippen molar-refractivity contribution in [3.8, 4) is 0 Å². The lowest BCUT2D eigenvalue weighted by Gasteiger charge is -2.36. The Labute approximate surface area is 166 Å². The van der Waals surface area contributed by atoms with E-state index >= 15 is 0 Å². The molecule has 28 heavy (non-hydrogen) atoms. The summed E-state index contributed by atoms with van der Waals surface area (Å²) in [6, 6.07) is 10.8. The van der Waals surface area contributed by atoms with Crippen molar-refractivity contribution in [3.05, 3.63) is 63.3 Å². The Bertz CT molecular complexity index is 866. The van der Waals surface area contributed by atoms with Gasteiger partial charge in [0.25, 0.3) is 5.56 Å². The number of benzene rings is 1. The molecule has 148 valence electrons. The third-order valence-corrected chi connectivity index (χ3v) is 6.61. The standard InChI is InChI=1S/C23H30N4O/c28-23-20-10-13-27(16-21(20)24-22(25-23)19-6-7-19)15-18-8-11-26(12-9-18)14-17-4-2-1-3-5-17/h1-5,18-19H,6-16H2,(H,24,25,28). The van der Waals surface area contributed by atoms with E-state index in [9.17, 15) is 4.79 Å². The number of H-pyrrole nitrogens is 1. The summed E-state index contributed by atoms with van der Waals surface area (Å²) in [6.45, 7) is 6.43. The summed E-state index contributed by atoms with van der Waals surface area (Å²) in [4.78, 5) is 25.4. The number of fused-ring (bicyclic) bond motifs is 1. The fourth-order valence-electron chi connectivity index (χ4n) is 4.75. The van der Waals surface area contributed by atoms with E-state index in [0.717, 1.165) is 55.6 Å². The number of hydrogen-bond acceptors (Lipinski definition) is 4. The summed E-state index contributed by atoms with van der Waals surface area (Å²) in [6.07, 6.45) is 5.73. The highest BCUT2D eigenvalue weighted by Crippen LogP contribution is 2.37. The van der Waals surface area contributed by atoms with Crippen molar-refractivity contribution in [2.75, 3.05) is 26.2 Å². The van der Waals surface area contributed by atoms with E-state index in [-0.39, 0.29) is 5.56 Å². The number of aromatic nitrogens is 2. The Kier molecular flexibility index (Phi) is 5.03. The number of likely N-dealkylation sites (tertiary alicyclic amines) is 1. The van der Waals surface area contributed by atoms with Gasteiger partial charge in [0, 0.05) is 37.7 Å². The van der Waals surface area contributed by atoms with Crippen LogP contribution < -0.4 is 5.56 Å². The molecule has 0 spiro atoms. The lowest BCUT2D eigenvalue weighted by Crippen LogP contribution is -2.41. The van der Waals surface area contributed by atoms with Crippen LogP contribution in [0.5, 0.6) is 0 Å². The van der Waals surface area contributed by atoms with Crippen molar-refractivity contribution >= 4 is 0 Å². The molecule has 1 saturated heterocycles. The minimum atomic E-state index is 0.112. The highest BCUT2D eigenvalue weighted by Gasteiger charge is 2.30. The number of hydrogen-bond donors (Lipinski definition) is 1. The Balaban J connectivity index is 1.16. The molecule has 5 rings (SSSR count). The molecule has 0 bridgehead atoms. The van der Waals surface area contributed by atoms with Crippen molar-refractivity contribution in [2.24, 2.45) is 5.92 Å². The first-order valence-electron chi connectivity index (χ1n) is 10.8. The van der Waals surface area contributed by atoms with E-state index in [1.807, 2.05) is 0 Å². The second kappa shape index (κ2) is 7.80. The molecule has 2 fully saturated rings. The highest BCUT2D eigenvalue weighted by molar-refractivity contribution is 5.23. The van der Waals surface area contributed by atoms with Gasteiger partial charge in [0.2, 0.25) is 0 Å². The van der Waals surface area contributed by atoms with Gasteiger partial charge in [-0.05, 0) is 56.7 Å². The molecule has 2 aliphatic heterocycles. The van der Waals surface area contributed by atoms with Crippen LogP contribution in [0.3, 0.4) is 0 Å². The molecule has 2 aromatic rings. The van der Waals surface area contributed by atoms with Gasteiger partial charge in [0.15, 0.2) is 0 Å². The number of nitrogens with one attached hydrogen (secondary N) is 1. The van der Waals surface area contributed by atoms with E-state index in [1.165, 1.54) is 44.3 Å². The lowest BCUT2D eigenvalue weighted by molar-refractivity contribution is 0.131. The van der Waals surface area contributed by atoms with Crippen LogP contribution in [0.2, 0.25) is 0 Å². The van der Waals surface area contributed by atoms with Crippen molar-refractivity contribution in [1.29, 1.82) is 0 Å². The van der Waals surface area contributed by atoms with E-state index in [1.54, 1.807) is 0 Å². The zero-order valence-corrected chi connectivity index (χ0v) is 16.6. The smallest absolute Gasteiger partial charge is 0.254 e. The first kappa shape index (κ1) is 18.1. The second-order valence-corrected chi connectivity index (χ2v) is 8.84. The SMILES string of the molecule is O=c1[nH]c(C2CC2)nc2c1CCN(CC1CCN(Cc3ccccc3)CC1)C2. The molecule has 3 aliphatic rings. The van der Waals surface area contributed by atoms with Crippen LogP contribution in [-0.2, 0) is 19.5 Å². The molecule has 5 nitrogen and oxygen atoms in total. The molecule has 0 atom stereocenters. The van der Waals surface area contributed by atoms with Crippen LogP contribution in [0.4, 0.5) is 0 Å². The highest BCUT2D eigenvalue weighted by atomic mass is 16.1. The number of aromatic amines is 1. The van der Waals surface area contributed by atoms with Gasteiger partial charge in [-0.15, -0.1) is 0 Å². The first-order chi connectivity index (χ1) is 13.7. The largest absolute Gasteiger partial charge is 0.310 e. The van der Waals surface area contributed by atoms with Crippen LogP contribution in [0.1, 0.15) is 54.2 Å². The number of rotatable bonds is 5. The molecule has 3 heterocycles. The summed E-state index contributed by atoms with van der Waals surface area (Å²) in [7, 11) is 0. The minimum absolute atomic E-state index is 0.112. The number of piperidine rings is 1. The summed E-state index contributed by atoms with van der Waals surface area (Å²) in [5.74, 6) is 2.20. The quantitative estimate of drug-likeness (QED) is 0.869. The van der Waals surface area contributed by atoms with Gasteiger partial charge in [-0.25, -0.2) is 4.98 Å². The average Bonchev–Trinajstić information content (AvgIpc) is 3.55. The molecule has 1 saturated carbocycles. The monoisotopic (exact) mass is 378 g/mol. The number of nitrogens with zero attached hydrogens (tertiary/aromatic N) is 3. The van der Waals surface area contributed by atoms with Crippen molar-refractivity contribution < 1.29 is 0 Å². The normalized spacial score (nSPS) is 21.6. The Morgan fingerprint density at radius 1 is 1.00 bits per heavy atom. The molecular weight excluding hydrogens is 348 g/mol. The lowest BCUT2D eigenvalue weighted by atomic mass is 9.94. The van der Waals surface area contributed by atoms with E-state index in [2.05, 4.69) is 45.1 Å². The Morgan fingerprint density at radius 3 is 2.54 bits per heavy atom. The van der Waals surface area contributed by atoms with Gasteiger partial charge in [-0.2, -0.15) is 0 Å². The van der Waals surface area contributed by atoms with Gasteiger partial charge >= 0.3 is 0 Å². The van der Waals surface area contributed by atoms with Crippen LogP contribution in [-0.4, -0.2) is 45.9 Å². The molecular formula is C23H30N4O. The Morgan fingerprint density at radius 2 is 1.79 bits per heavy atom. The van der Waals surface area contributed by atoms with E-state index in [0.29, 0.717) is 5.92 Å². The van der Waals surface area contributed by atoms with E-state index in [4.69, 9.17) is 4.98 Å². The van der Waals surface area contributed by atoms with Gasteiger partial charge in [-0.3, -0.25) is 14.6 Å². The predicted octanol–water partition coefficient (Wildman–Crippen LogP) is 2.92. The van der Waals surface area contributed by atoms with Gasteiger partial charge < -0.3 is 4.98 Å². The molecule has 1 aliphatic carbocycles. The summed E-state index contributed by atoms with van der Waals surface area (Å²) < 4.78 is 0. The summed E-state index contributed by atoms with van der Waals surface area (Å²) in [5, 5.41) is 0. The predicted molar refractivity (Wildman–Crippen MR) is 110 cm³/mol. The maximum absolute atomic E-state index is 12.4. The third kappa shape index (κ3) is 4.06. The van der Waals surface area contributed by atoms with Crippen molar-refractivity contribution in [2.45, 2.75) is 51.1 Å². The zero-order valence-electron chi connectivity index (χ0n) is 16.6. The van der Waals surface area contributed by atoms with Crippen molar-refractivity contribution in [1.82, 2.24) is 19.8 Å². The van der Waals surface area contributed by atoms with Crippen LogP contribution in [0.25, 0.3) is 0 Å². The first-order valence-corrected chi connectivity index (χ1v) is 10.8. The molecule has 0 unspecified atom stereocenters. The topological polar surface area (TPSA) is 52.2 Å².